The maximum absolute atomic E-state index is 14.4. The molecule has 256 valence electrons. The van der Waals surface area contributed by atoms with Crippen LogP contribution in [0.25, 0.3) is 11.0 Å². The van der Waals surface area contributed by atoms with Crippen molar-refractivity contribution in [3.63, 3.8) is 0 Å². The van der Waals surface area contributed by atoms with Crippen LogP contribution >= 0.6 is 0 Å². The van der Waals surface area contributed by atoms with Crippen LogP contribution in [-0.2, 0) is 40.4 Å². The summed E-state index contributed by atoms with van der Waals surface area (Å²) in [5.41, 5.74) is 3.52. The van der Waals surface area contributed by atoms with Gasteiger partial charge in [0.25, 0.3) is 5.91 Å². The molecule has 1 fully saturated rings. The fraction of sp³-hybridized carbons (Fsp3) is 0.314. The number of aromatic nitrogens is 3. The highest BCUT2D eigenvalue weighted by molar-refractivity contribution is 5.91. The molecule has 14 nitrogen and oxygen atoms in total. The zero-order valence-electron chi connectivity index (χ0n) is 27.7. The number of nitrogens with one attached hydrogen (secondary N) is 2. The number of nitrogens with two attached hydrogens (primary N) is 1. The Hall–Kier alpha value is -5.76. The van der Waals surface area contributed by atoms with Crippen molar-refractivity contribution >= 4 is 34.8 Å². The first-order chi connectivity index (χ1) is 23.6. The van der Waals surface area contributed by atoms with Gasteiger partial charge in [-0.1, -0.05) is 66.4 Å². The van der Waals surface area contributed by atoms with E-state index in [4.69, 9.17) is 0 Å². The van der Waals surface area contributed by atoms with Crippen LogP contribution in [-0.4, -0.2) is 104 Å². The van der Waals surface area contributed by atoms with E-state index in [-0.39, 0.29) is 62.6 Å². The number of quaternary nitrogens is 1. The van der Waals surface area contributed by atoms with Gasteiger partial charge < -0.3 is 35.8 Å². The topological polar surface area (TPSA) is 170 Å². The van der Waals surface area contributed by atoms with Gasteiger partial charge in [-0.05, 0) is 41.0 Å². The predicted octanol–water partition coefficient (Wildman–Crippen LogP) is 0.582. The minimum absolute atomic E-state index is 0.00540. The summed E-state index contributed by atoms with van der Waals surface area (Å²) in [5.74, 6) is -0.724. The van der Waals surface area contributed by atoms with Crippen molar-refractivity contribution in [3.8, 4) is 5.75 Å². The highest BCUT2D eigenvalue weighted by atomic mass is 16.3. The second-order valence-electron chi connectivity index (χ2n) is 12.1. The van der Waals surface area contributed by atoms with E-state index in [1.165, 1.54) is 26.6 Å². The third kappa shape index (κ3) is 8.59. The number of nitrogens with zero attached hydrogens (tertiary/aromatic N) is 6. The molecule has 5 rings (SSSR count). The Labute approximate surface area is 284 Å². The van der Waals surface area contributed by atoms with Gasteiger partial charge in [0.15, 0.2) is 6.54 Å². The van der Waals surface area contributed by atoms with Crippen LogP contribution < -0.4 is 16.0 Å². The number of phenols is 1. The lowest BCUT2D eigenvalue weighted by molar-refractivity contribution is -0.635. The summed E-state index contributed by atoms with van der Waals surface area (Å²) in [6.45, 7) is 4.62. The number of phenolic OH excluding ortho intramolecular Hbond substituents is 1. The molecule has 0 spiro atoms. The number of hydrogen-bond donors (Lipinski definition) is 4. The number of aromatic hydroxyl groups is 1. The number of para-hydroxylation sites is 1. The Morgan fingerprint density at radius 2 is 1.80 bits per heavy atom. The van der Waals surface area contributed by atoms with Crippen molar-refractivity contribution in [3.05, 3.63) is 102 Å². The van der Waals surface area contributed by atoms with Crippen molar-refractivity contribution in [1.82, 2.24) is 40.3 Å². The standard InChI is InChI=1S/C35H41N9O5/c1-4-17-36-20-31(46)44-29(18-24-13-15-27(45)16-14-24)34(48)42(22-30(44)38-35(49)37-19-25-9-6-5-7-10-25)21-26-11-8-12-28-33(26)43(40-39-28)23-32(47)41(2)3/h4-16,29-30,36,45H,1,17-23H2,2-3H3,(H2,37,38,49)/p+1/t29-,30+/m0/s1. The summed E-state index contributed by atoms with van der Waals surface area (Å²) in [6.07, 6.45) is 0.953. The van der Waals surface area contributed by atoms with Crippen molar-refractivity contribution in [2.45, 2.75) is 38.3 Å². The molecular formula is C35H42N9O5+. The lowest BCUT2D eigenvalue weighted by atomic mass is 9.98. The smallest absolute Gasteiger partial charge is 0.316 e. The summed E-state index contributed by atoms with van der Waals surface area (Å²) in [7, 11) is 3.32. The van der Waals surface area contributed by atoms with E-state index in [2.05, 4.69) is 27.5 Å². The number of rotatable bonds is 13. The van der Waals surface area contributed by atoms with Gasteiger partial charge in [-0.15, -0.1) is 5.10 Å². The summed E-state index contributed by atoms with van der Waals surface area (Å²) in [6, 6.07) is 19.9. The van der Waals surface area contributed by atoms with Gasteiger partial charge in [-0.3, -0.25) is 14.4 Å². The molecule has 1 aromatic heterocycles. The molecule has 0 unspecified atom stereocenters. The highest BCUT2D eigenvalue weighted by Gasteiger charge is 2.44. The van der Waals surface area contributed by atoms with Gasteiger partial charge >= 0.3 is 6.03 Å². The summed E-state index contributed by atoms with van der Waals surface area (Å²) in [4.78, 5) is 58.8. The quantitative estimate of drug-likeness (QED) is 0.119. The Kier molecular flexibility index (Phi) is 11.2. The Bertz CT molecular complexity index is 1790. The second-order valence-corrected chi connectivity index (χ2v) is 12.1. The third-order valence-corrected chi connectivity index (χ3v) is 8.32. The van der Waals surface area contributed by atoms with Gasteiger partial charge in [-0.25, -0.2) is 9.48 Å². The molecule has 5 N–H and O–H groups in total. The van der Waals surface area contributed by atoms with Crippen LogP contribution in [0.3, 0.4) is 0 Å². The van der Waals surface area contributed by atoms with Crippen LogP contribution in [0.4, 0.5) is 4.79 Å². The molecule has 0 bridgehead atoms. The van der Waals surface area contributed by atoms with Crippen LogP contribution in [0.1, 0.15) is 16.7 Å². The number of urea groups is 1. The van der Waals surface area contributed by atoms with Crippen LogP contribution in [0, 0.1) is 0 Å². The van der Waals surface area contributed by atoms with E-state index in [1.807, 2.05) is 42.5 Å². The molecule has 1 aliphatic heterocycles. The normalized spacial score (nSPS) is 16.0. The van der Waals surface area contributed by atoms with Gasteiger partial charge in [0.05, 0.1) is 18.6 Å². The van der Waals surface area contributed by atoms with Crippen molar-refractivity contribution in [1.29, 1.82) is 0 Å². The first-order valence-electron chi connectivity index (χ1n) is 16.0. The molecule has 0 aliphatic carbocycles. The Morgan fingerprint density at radius 1 is 1.04 bits per heavy atom. The molecule has 0 saturated carbocycles. The van der Waals surface area contributed by atoms with Gasteiger partial charge in [0, 0.05) is 33.6 Å². The number of likely N-dealkylation sites (N-methyl/N-ethyl adjacent to an activating group) is 1. The molecule has 14 heteroatoms. The van der Waals surface area contributed by atoms with E-state index >= 15 is 0 Å². The zero-order chi connectivity index (χ0) is 34.9. The Morgan fingerprint density at radius 3 is 2.51 bits per heavy atom. The molecule has 2 atom stereocenters. The largest absolute Gasteiger partial charge is 0.508 e. The number of piperazine rings is 1. The molecule has 1 saturated heterocycles. The monoisotopic (exact) mass is 668 g/mol. The number of fused-ring (bicyclic) bond motifs is 1. The SMILES string of the molecule is C=CC[NH2+]CC(=O)N1[C@@H](NC(=O)NCc2ccccc2)CN(Cc2cccc3nnn(CC(=O)N(C)C)c23)C(=O)[C@@H]1Cc1ccc(O)cc1. The van der Waals surface area contributed by atoms with Crippen molar-refractivity contribution in [2.75, 3.05) is 33.7 Å². The van der Waals surface area contributed by atoms with Crippen LogP contribution in [0.2, 0.25) is 0 Å². The molecule has 4 aromatic rings. The number of amides is 5. The predicted molar refractivity (Wildman–Crippen MR) is 182 cm³/mol. The van der Waals surface area contributed by atoms with Crippen LogP contribution in [0.15, 0.2) is 85.5 Å². The molecule has 3 aromatic carbocycles. The van der Waals surface area contributed by atoms with E-state index < -0.39 is 18.2 Å². The number of hydrogen-bond acceptors (Lipinski definition) is 7. The molecule has 2 heterocycles. The second kappa shape index (κ2) is 15.9. The van der Waals surface area contributed by atoms with E-state index in [0.717, 1.165) is 11.1 Å². The van der Waals surface area contributed by atoms with Crippen molar-refractivity contribution < 1.29 is 29.6 Å². The lowest BCUT2D eigenvalue weighted by Crippen LogP contribution is -2.87. The van der Waals surface area contributed by atoms with Gasteiger partial charge in [0.2, 0.25) is 11.8 Å². The molecule has 1 aliphatic rings. The van der Waals surface area contributed by atoms with Gasteiger partial charge in [-0.2, -0.15) is 0 Å². The molecule has 0 radical (unpaired) electrons. The fourth-order valence-electron chi connectivity index (χ4n) is 5.81. The first kappa shape index (κ1) is 34.6. The number of carbonyl (C=O) groups is 4. The highest BCUT2D eigenvalue weighted by Crippen LogP contribution is 2.25. The van der Waals surface area contributed by atoms with E-state index in [9.17, 15) is 24.3 Å². The molecular weight excluding hydrogens is 626 g/mol. The average Bonchev–Trinajstić information content (AvgIpc) is 3.50. The molecule has 5 amide bonds. The third-order valence-electron chi connectivity index (χ3n) is 8.32. The average molecular weight is 669 g/mol. The van der Waals surface area contributed by atoms with Crippen LogP contribution in [0.5, 0.6) is 5.75 Å². The summed E-state index contributed by atoms with van der Waals surface area (Å²) < 4.78 is 1.52. The Balaban J connectivity index is 1.49. The summed E-state index contributed by atoms with van der Waals surface area (Å²) in [5, 5.41) is 25.9. The van der Waals surface area contributed by atoms with Crippen molar-refractivity contribution in [2.24, 2.45) is 0 Å². The minimum Gasteiger partial charge on any atom is -0.508 e. The summed E-state index contributed by atoms with van der Waals surface area (Å²) >= 11 is 0. The van der Waals surface area contributed by atoms with E-state index in [0.29, 0.717) is 23.1 Å². The maximum atomic E-state index is 14.4. The minimum atomic E-state index is -0.972. The molecule has 49 heavy (non-hydrogen) atoms. The van der Waals surface area contributed by atoms with Gasteiger partial charge in [0.1, 0.15) is 30.0 Å². The maximum Gasteiger partial charge on any atom is 0.316 e. The number of carbonyl (C=O) groups excluding carboxylic acids is 4. The van der Waals surface area contributed by atoms with E-state index in [1.54, 1.807) is 48.6 Å². The lowest BCUT2D eigenvalue weighted by Gasteiger charge is -2.46. The fourth-order valence-corrected chi connectivity index (χ4v) is 5.81. The first-order valence-corrected chi connectivity index (χ1v) is 16.0. The number of benzene rings is 3. The zero-order valence-corrected chi connectivity index (χ0v) is 27.7.